The van der Waals surface area contributed by atoms with Gasteiger partial charge in [0.05, 0.1) is 5.56 Å². The maximum absolute atomic E-state index is 12.6. The fourth-order valence-electron chi connectivity index (χ4n) is 3.33. The topological polar surface area (TPSA) is 50.8 Å². The summed E-state index contributed by atoms with van der Waals surface area (Å²) in [6.07, 6.45) is 8.91. The third-order valence-electron chi connectivity index (χ3n) is 4.85. The van der Waals surface area contributed by atoms with Crippen LogP contribution in [0.5, 0.6) is 0 Å². The van der Waals surface area contributed by atoms with Gasteiger partial charge in [-0.3, -0.25) is 4.79 Å². The predicted molar refractivity (Wildman–Crippen MR) is 121 cm³/mol. The highest BCUT2D eigenvalue weighted by Crippen LogP contribution is 2.34. The van der Waals surface area contributed by atoms with Crippen molar-refractivity contribution in [3.63, 3.8) is 0 Å². The fraction of sp³-hybridized carbons (Fsp3) is 0.500. The van der Waals surface area contributed by atoms with E-state index in [-0.39, 0.29) is 12.2 Å². The SMILES string of the molecule is C=C(/C=C\C)SC1CCN(Sc2ccccc2C(=O)NOC2CCCCO2)CC1. The van der Waals surface area contributed by atoms with Crippen LogP contribution in [0.2, 0.25) is 0 Å². The molecule has 1 unspecified atom stereocenters. The number of thioether (sulfide) groups is 1. The number of amides is 1. The molecule has 0 aliphatic carbocycles. The van der Waals surface area contributed by atoms with E-state index in [1.807, 2.05) is 49.0 Å². The highest BCUT2D eigenvalue weighted by atomic mass is 32.2. The molecule has 2 saturated heterocycles. The monoisotopic (exact) mass is 434 g/mol. The molecule has 2 fully saturated rings. The highest BCUT2D eigenvalue weighted by molar-refractivity contribution is 8.03. The number of hydrogen-bond donors (Lipinski definition) is 1. The van der Waals surface area contributed by atoms with E-state index in [1.165, 1.54) is 0 Å². The number of hydrogen-bond acceptors (Lipinski definition) is 6. The molecule has 0 spiro atoms. The van der Waals surface area contributed by atoms with Gasteiger partial charge in [0.25, 0.3) is 5.91 Å². The molecular weight excluding hydrogens is 404 g/mol. The summed E-state index contributed by atoms with van der Waals surface area (Å²) in [4.78, 5) is 20.2. The molecule has 1 amide bonds. The molecule has 0 bridgehead atoms. The molecule has 1 atom stereocenters. The maximum Gasteiger partial charge on any atom is 0.276 e. The summed E-state index contributed by atoms with van der Waals surface area (Å²) in [5, 5.41) is 0.609. The molecule has 158 valence electrons. The Labute approximate surface area is 182 Å². The lowest BCUT2D eigenvalue weighted by Gasteiger charge is -2.31. The summed E-state index contributed by atoms with van der Waals surface area (Å²) in [5.74, 6) is -0.227. The number of nitrogens with one attached hydrogen (secondary N) is 1. The normalized spacial score (nSPS) is 21.3. The third-order valence-corrected chi connectivity index (χ3v) is 7.27. The predicted octanol–water partition coefficient (Wildman–Crippen LogP) is 5.17. The Bertz CT molecular complexity index is 712. The second-order valence-corrected chi connectivity index (χ2v) is 9.71. The van der Waals surface area contributed by atoms with Gasteiger partial charge in [-0.25, -0.2) is 14.6 Å². The summed E-state index contributed by atoms with van der Waals surface area (Å²) < 4.78 is 7.85. The van der Waals surface area contributed by atoms with Gasteiger partial charge in [0, 0.05) is 36.3 Å². The lowest BCUT2D eigenvalue weighted by atomic mass is 10.2. The van der Waals surface area contributed by atoms with Gasteiger partial charge < -0.3 is 4.74 Å². The van der Waals surface area contributed by atoms with Crippen molar-refractivity contribution >= 4 is 29.6 Å². The van der Waals surface area contributed by atoms with Crippen LogP contribution >= 0.6 is 23.7 Å². The first kappa shape index (κ1) is 22.4. The quantitative estimate of drug-likeness (QED) is 0.346. The van der Waals surface area contributed by atoms with Gasteiger partial charge in [0.1, 0.15) is 0 Å². The number of rotatable bonds is 8. The molecule has 1 aromatic carbocycles. The van der Waals surface area contributed by atoms with Gasteiger partial charge in [0.15, 0.2) is 6.29 Å². The van der Waals surface area contributed by atoms with E-state index in [0.717, 1.165) is 55.0 Å². The van der Waals surface area contributed by atoms with Crippen LogP contribution in [0.25, 0.3) is 0 Å². The number of piperidine rings is 1. The minimum atomic E-state index is -0.346. The lowest BCUT2D eigenvalue weighted by Crippen LogP contribution is -2.33. The second kappa shape index (κ2) is 11.8. The third kappa shape index (κ3) is 7.19. The molecule has 1 aromatic rings. The van der Waals surface area contributed by atoms with Crippen molar-refractivity contribution in [3.8, 4) is 0 Å². The van der Waals surface area contributed by atoms with Crippen LogP contribution in [-0.4, -0.2) is 41.4 Å². The number of carbonyl (C=O) groups is 1. The van der Waals surface area contributed by atoms with Crippen molar-refractivity contribution in [1.82, 2.24) is 9.79 Å². The maximum atomic E-state index is 12.6. The minimum Gasteiger partial charge on any atom is -0.350 e. The van der Waals surface area contributed by atoms with Crippen molar-refractivity contribution in [2.75, 3.05) is 19.7 Å². The number of nitrogens with zero attached hydrogens (tertiary/aromatic N) is 1. The zero-order valence-corrected chi connectivity index (χ0v) is 18.6. The van der Waals surface area contributed by atoms with Crippen molar-refractivity contribution < 1.29 is 14.4 Å². The molecule has 1 N–H and O–H groups in total. The van der Waals surface area contributed by atoms with Gasteiger partial charge in [-0.1, -0.05) is 30.9 Å². The molecule has 2 aliphatic heterocycles. The highest BCUT2D eigenvalue weighted by Gasteiger charge is 2.23. The Morgan fingerprint density at radius 1 is 1.28 bits per heavy atom. The zero-order chi connectivity index (χ0) is 20.5. The van der Waals surface area contributed by atoms with Crippen LogP contribution in [0, 0.1) is 0 Å². The first-order valence-corrected chi connectivity index (χ1v) is 11.9. The van der Waals surface area contributed by atoms with Crippen molar-refractivity contribution in [2.45, 2.75) is 55.5 Å². The zero-order valence-electron chi connectivity index (χ0n) is 17.0. The van der Waals surface area contributed by atoms with Gasteiger partial charge in [-0.05, 0) is 61.6 Å². The van der Waals surface area contributed by atoms with E-state index in [4.69, 9.17) is 9.57 Å². The van der Waals surface area contributed by atoms with E-state index in [1.54, 1.807) is 11.9 Å². The molecule has 0 radical (unpaired) electrons. The molecule has 0 saturated carbocycles. The number of hydroxylamine groups is 1. The summed E-state index contributed by atoms with van der Waals surface area (Å²) >= 11 is 3.52. The average Bonchev–Trinajstić information content (AvgIpc) is 2.75. The molecule has 29 heavy (non-hydrogen) atoms. The van der Waals surface area contributed by atoms with Crippen LogP contribution in [0.3, 0.4) is 0 Å². The Balaban J connectivity index is 1.50. The van der Waals surface area contributed by atoms with Crippen LogP contribution < -0.4 is 5.48 Å². The van der Waals surface area contributed by atoms with Gasteiger partial charge >= 0.3 is 0 Å². The Morgan fingerprint density at radius 2 is 2.07 bits per heavy atom. The van der Waals surface area contributed by atoms with Crippen LogP contribution in [0.4, 0.5) is 0 Å². The number of carbonyl (C=O) groups excluding carboxylic acids is 1. The van der Waals surface area contributed by atoms with Gasteiger partial charge in [0.2, 0.25) is 0 Å². The summed E-state index contributed by atoms with van der Waals surface area (Å²) in [6, 6.07) is 7.68. The second-order valence-electron chi connectivity index (χ2n) is 7.15. The largest absolute Gasteiger partial charge is 0.350 e. The Hall–Kier alpha value is -1.25. The van der Waals surface area contributed by atoms with Crippen molar-refractivity contribution in [2.24, 2.45) is 0 Å². The Kier molecular flexibility index (Phi) is 9.14. The summed E-state index contributed by atoms with van der Waals surface area (Å²) in [7, 11) is 0. The van der Waals surface area contributed by atoms with E-state index in [2.05, 4.69) is 22.4 Å². The van der Waals surface area contributed by atoms with E-state index in [0.29, 0.717) is 17.4 Å². The van der Waals surface area contributed by atoms with Crippen LogP contribution in [0.15, 0.2) is 52.8 Å². The Morgan fingerprint density at radius 3 is 2.79 bits per heavy atom. The molecule has 2 aliphatic rings. The number of ether oxygens (including phenoxy) is 1. The van der Waals surface area contributed by atoms with E-state index < -0.39 is 0 Å². The molecule has 7 heteroatoms. The molecule has 3 rings (SSSR count). The van der Waals surface area contributed by atoms with E-state index in [9.17, 15) is 4.79 Å². The molecular formula is C22H30N2O3S2. The number of allylic oxidation sites excluding steroid dienone is 2. The number of benzene rings is 1. The summed E-state index contributed by atoms with van der Waals surface area (Å²) in [5.41, 5.74) is 3.20. The van der Waals surface area contributed by atoms with Crippen molar-refractivity contribution in [1.29, 1.82) is 0 Å². The molecule has 5 nitrogen and oxygen atoms in total. The summed E-state index contributed by atoms with van der Waals surface area (Å²) in [6.45, 7) is 8.79. The first-order chi connectivity index (χ1) is 14.2. The van der Waals surface area contributed by atoms with Gasteiger partial charge in [-0.15, -0.1) is 11.8 Å². The smallest absolute Gasteiger partial charge is 0.276 e. The van der Waals surface area contributed by atoms with Crippen molar-refractivity contribution in [3.05, 3.63) is 53.5 Å². The lowest BCUT2D eigenvalue weighted by molar-refractivity contribution is -0.186. The average molecular weight is 435 g/mol. The molecule has 2 heterocycles. The van der Waals surface area contributed by atoms with Crippen LogP contribution in [-0.2, 0) is 9.57 Å². The van der Waals surface area contributed by atoms with Crippen LogP contribution in [0.1, 0.15) is 49.4 Å². The molecule has 0 aromatic heterocycles. The standard InChI is InChI=1S/C22H30N2O3S2/c1-3-8-17(2)28-18-12-14-24(15-13-18)29-20-10-5-4-9-19(20)22(25)23-27-21-11-6-7-16-26-21/h3-5,8-10,18,21H,2,6-7,11-16H2,1H3,(H,23,25)/b8-3-. The fourth-order valence-corrected chi connectivity index (χ4v) is 5.49. The van der Waals surface area contributed by atoms with Gasteiger partial charge in [-0.2, -0.15) is 0 Å². The minimum absolute atomic E-state index is 0.227. The van der Waals surface area contributed by atoms with E-state index >= 15 is 0 Å². The first-order valence-electron chi connectivity index (χ1n) is 10.2.